The van der Waals surface area contributed by atoms with Crippen molar-refractivity contribution in [2.45, 2.75) is 23.0 Å². The topological polar surface area (TPSA) is 43.4 Å². The van der Waals surface area contributed by atoms with E-state index < -0.39 is 21.5 Å². The molecule has 118 valence electrons. The Morgan fingerprint density at radius 3 is 2.05 bits per heavy atom. The zero-order valence-corrected chi connectivity index (χ0v) is 12.6. The lowest BCUT2D eigenvalue weighted by Gasteiger charge is -2.17. The normalized spacial score (nSPS) is 12.1. The summed E-state index contributed by atoms with van der Waals surface area (Å²) in [6.07, 6.45) is -0.842. The van der Waals surface area contributed by atoms with Gasteiger partial charge in [0, 0.05) is 6.42 Å². The average molecular weight is 326 g/mol. The molecule has 0 atom stereocenters. The van der Waals surface area contributed by atoms with Gasteiger partial charge in [-0.15, -0.1) is 0 Å². The number of rotatable bonds is 7. The van der Waals surface area contributed by atoms with Gasteiger partial charge in [-0.3, -0.25) is 0 Å². The van der Waals surface area contributed by atoms with Crippen molar-refractivity contribution in [3.05, 3.63) is 60.7 Å². The lowest BCUT2D eigenvalue weighted by molar-refractivity contribution is 0.0745. The summed E-state index contributed by atoms with van der Waals surface area (Å²) in [6.45, 7) is 0.0317. The number of alkyl halides is 2. The molecular formula is C16H16F2O3S. The summed E-state index contributed by atoms with van der Waals surface area (Å²) in [6, 6.07) is 15.5. The maximum atomic E-state index is 14.0. The molecule has 0 aromatic heterocycles. The van der Waals surface area contributed by atoms with E-state index in [0.29, 0.717) is 5.75 Å². The highest BCUT2D eigenvalue weighted by Gasteiger charge is 2.45. The van der Waals surface area contributed by atoms with Gasteiger partial charge in [0.2, 0.25) is 9.84 Å². The maximum Gasteiger partial charge on any atom is 0.350 e. The highest BCUT2D eigenvalue weighted by atomic mass is 32.2. The molecule has 0 saturated carbocycles. The number of hydrogen-bond acceptors (Lipinski definition) is 3. The van der Waals surface area contributed by atoms with Gasteiger partial charge in [0.15, 0.2) is 0 Å². The first-order valence-electron chi connectivity index (χ1n) is 6.79. The lowest BCUT2D eigenvalue weighted by Crippen LogP contribution is -2.29. The van der Waals surface area contributed by atoms with E-state index in [1.54, 1.807) is 30.3 Å². The Bertz CT molecular complexity index is 686. The predicted octanol–water partition coefficient (Wildman–Crippen LogP) is 3.91. The molecule has 6 heteroatoms. The Labute approximate surface area is 128 Å². The van der Waals surface area contributed by atoms with Crippen LogP contribution < -0.4 is 4.74 Å². The SMILES string of the molecule is O=S(=O)(c1ccccc1)C(F)(F)CCCOc1ccccc1. The summed E-state index contributed by atoms with van der Waals surface area (Å²) in [4.78, 5) is -0.371. The predicted molar refractivity (Wildman–Crippen MR) is 79.7 cm³/mol. The average Bonchev–Trinajstić information content (AvgIpc) is 2.53. The molecule has 0 aliphatic rings. The Hall–Kier alpha value is -1.95. The van der Waals surface area contributed by atoms with E-state index in [1.165, 1.54) is 24.3 Å². The zero-order chi connectivity index (χ0) is 16.1. The van der Waals surface area contributed by atoms with Crippen molar-refractivity contribution in [3.8, 4) is 5.75 Å². The molecule has 2 aromatic carbocycles. The van der Waals surface area contributed by atoms with E-state index in [-0.39, 0.29) is 17.9 Å². The van der Waals surface area contributed by atoms with Crippen LogP contribution in [-0.2, 0) is 9.84 Å². The van der Waals surface area contributed by atoms with Gasteiger partial charge >= 0.3 is 5.25 Å². The summed E-state index contributed by atoms with van der Waals surface area (Å²) in [7, 11) is -4.67. The first kappa shape index (κ1) is 16.4. The minimum Gasteiger partial charge on any atom is -0.494 e. The standard InChI is InChI=1S/C16H16F2O3S/c17-16(18,22(19,20)15-10-5-2-6-11-15)12-7-13-21-14-8-3-1-4-9-14/h1-6,8-11H,7,12-13H2. The fourth-order valence-electron chi connectivity index (χ4n) is 1.89. The first-order chi connectivity index (χ1) is 10.4. The third-order valence-electron chi connectivity index (χ3n) is 3.07. The van der Waals surface area contributed by atoms with Crippen LogP contribution in [0.15, 0.2) is 65.6 Å². The molecule has 0 amide bonds. The van der Waals surface area contributed by atoms with E-state index >= 15 is 0 Å². The number of benzene rings is 2. The Kier molecular flexibility index (Phi) is 5.13. The van der Waals surface area contributed by atoms with Gasteiger partial charge in [0.1, 0.15) is 5.75 Å². The number of halogens is 2. The van der Waals surface area contributed by atoms with Gasteiger partial charge in [0.25, 0.3) is 0 Å². The van der Waals surface area contributed by atoms with Gasteiger partial charge < -0.3 is 4.74 Å². The van der Waals surface area contributed by atoms with E-state index in [2.05, 4.69) is 0 Å². The van der Waals surface area contributed by atoms with Crippen LogP contribution in [0.3, 0.4) is 0 Å². The van der Waals surface area contributed by atoms with E-state index in [0.717, 1.165) is 0 Å². The second kappa shape index (κ2) is 6.87. The van der Waals surface area contributed by atoms with Crippen LogP contribution in [0.1, 0.15) is 12.8 Å². The van der Waals surface area contributed by atoms with Crippen LogP contribution >= 0.6 is 0 Å². The molecule has 0 aliphatic heterocycles. The lowest BCUT2D eigenvalue weighted by atomic mass is 10.3. The van der Waals surface area contributed by atoms with Crippen LogP contribution in [0.2, 0.25) is 0 Å². The summed E-state index contributed by atoms with van der Waals surface area (Å²) in [5.41, 5.74) is 0. The Morgan fingerprint density at radius 2 is 1.45 bits per heavy atom. The van der Waals surface area contributed by atoms with Crippen LogP contribution in [0.5, 0.6) is 5.75 Å². The largest absolute Gasteiger partial charge is 0.494 e. The fraction of sp³-hybridized carbons (Fsp3) is 0.250. The van der Waals surface area contributed by atoms with Crippen LogP contribution in [0.25, 0.3) is 0 Å². The summed E-state index contributed by atoms with van der Waals surface area (Å²) in [5, 5.41) is -3.81. The Morgan fingerprint density at radius 1 is 0.909 bits per heavy atom. The Balaban J connectivity index is 1.93. The molecular weight excluding hydrogens is 310 g/mol. The third kappa shape index (κ3) is 3.82. The second-order valence-electron chi connectivity index (χ2n) is 4.72. The van der Waals surface area contributed by atoms with Gasteiger partial charge in [-0.25, -0.2) is 8.42 Å². The van der Waals surface area contributed by atoms with Gasteiger partial charge in [-0.1, -0.05) is 36.4 Å². The molecule has 0 radical (unpaired) electrons. The molecule has 3 nitrogen and oxygen atoms in total. The molecule has 0 saturated heterocycles. The first-order valence-corrected chi connectivity index (χ1v) is 8.27. The number of para-hydroxylation sites is 1. The highest BCUT2D eigenvalue weighted by Crippen LogP contribution is 2.33. The molecule has 0 aliphatic carbocycles. The van der Waals surface area contributed by atoms with Gasteiger partial charge in [-0.2, -0.15) is 8.78 Å². The van der Waals surface area contributed by atoms with Crippen molar-refractivity contribution in [2.24, 2.45) is 0 Å². The van der Waals surface area contributed by atoms with Crippen molar-refractivity contribution in [3.63, 3.8) is 0 Å². The van der Waals surface area contributed by atoms with Crippen molar-refractivity contribution in [2.75, 3.05) is 6.61 Å². The van der Waals surface area contributed by atoms with E-state index in [9.17, 15) is 17.2 Å². The molecule has 0 unspecified atom stereocenters. The highest BCUT2D eigenvalue weighted by molar-refractivity contribution is 7.92. The van der Waals surface area contributed by atoms with Crippen LogP contribution in [-0.4, -0.2) is 20.3 Å². The van der Waals surface area contributed by atoms with Crippen LogP contribution in [0.4, 0.5) is 8.78 Å². The summed E-state index contributed by atoms with van der Waals surface area (Å²) in [5.74, 6) is 0.566. The summed E-state index contributed by atoms with van der Waals surface area (Å²) >= 11 is 0. The number of ether oxygens (including phenoxy) is 1. The second-order valence-corrected chi connectivity index (χ2v) is 6.79. The monoisotopic (exact) mass is 326 g/mol. The molecule has 0 fully saturated rings. The van der Waals surface area contributed by atoms with Crippen molar-refractivity contribution >= 4 is 9.84 Å². The molecule has 2 aromatic rings. The quantitative estimate of drug-likeness (QED) is 0.725. The van der Waals surface area contributed by atoms with Gasteiger partial charge in [-0.05, 0) is 30.7 Å². The summed E-state index contributed by atoms with van der Waals surface area (Å²) < 4.78 is 57.1. The minimum absolute atomic E-state index is 0.0317. The van der Waals surface area contributed by atoms with Crippen LogP contribution in [0, 0.1) is 0 Å². The third-order valence-corrected chi connectivity index (χ3v) is 4.95. The van der Waals surface area contributed by atoms with E-state index in [4.69, 9.17) is 4.74 Å². The van der Waals surface area contributed by atoms with Crippen molar-refractivity contribution in [1.29, 1.82) is 0 Å². The molecule has 0 spiro atoms. The molecule has 0 heterocycles. The number of hydrogen-bond donors (Lipinski definition) is 0. The van der Waals surface area contributed by atoms with Gasteiger partial charge in [0.05, 0.1) is 11.5 Å². The molecule has 2 rings (SSSR count). The maximum absolute atomic E-state index is 14.0. The molecule has 0 bridgehead atoms. The molecule has 0 N–H and O–H groups in total. The van der Waals surface area contributed by atoms with Crippen molar-refractivity contribution < 1.29 is 21.9 Å². The molecule has 22 heavy (non-hydrogen) atoms. The smallest absolute Gasteiger partial charge is 0.350 e. The minimum atomic E-state index is -4.67. The van der Waals surface area contributed by atoms with Crippen molar-refractivity contribution in [1.82, 2.24) is 0 Å². The van der Waals surface area contributed by atoms with E-state index in [1.807, 2.05) is 6.07 Å². The fourth-order valence-corrected chi connectivity index (χ4v) is 3.16. The zero-order valence-electron chi connectivity index (χ0n) is 11.8. The number of sulfone groups is 1.